The number of allylic oxidation sites excluding steroid dienone is 3. The van der Waals surface area contributed by atoms with Crippen molar-refractivity contribution in [1.29, 1.82) is 0 Å². The van der Waals surface area contributed by atoms with Crippen molar-refractivity contribution in [2.75, 3.05) is 14.2 Å². The van der Waals surface area contributed by atoms with E-state index in [-0.39, 0.29) is 0 Å². The van der Waals surface area contributed by atoms with E-state index in [1.165, 1.54) is 0 Å². The molecule has 0 bridgehead atoms. The molecule has 1 saturated carbocycles. The van der Waals surface area contributed by atoms with Crippen LogP contribution in [0.25, 0.3) is 16.7 Å². The number of nitrogens with one attached hydrogen (secondary N) is 1. The zero-order chi connectivity index (χ0) is 29.6. The van der Waals surface area contributed by atoms with Gasteiger partial charge in [0.1, 0.15) is 11.5 Å². The Balaban J connectivity index is 1.65. The number of aromatic nitrogens is 1. The van der Waals surface area contributed by atoms with E-state index in [2.05, 4.69) is 36.2 Å². The van der Waals surface area contributed by atoms with Crippen molar-refractivity contribution in [1.82, 2.24) is 4.98 Å². The highest BCUT2D eigenvalue weighted by Crippen LogP contribution is 2.47. The first-order valence-electron chi connectivity index (χ1n) is 13.8. The van der Waals surface area contributed by atoms with Crippen molar-refractivity contribution in [2.45, 2.75) is 73.5 Å². The zero-order valence-corrected chi connectivity index (χ0v) is 25.5. The van der Waals surface area contributed by atoms with Crippen molar-refractivity contribution in [3.63, 3.8) is 0 Å². The fourth-order valence-corrected chi connectivity index (χ4v) is 6.79. The first-order valence-corrected chi connectivity index (χ1v) is 13.8. The molecule has 0 spiro atoms. The average molecular weight is 545 g/mol. The van der Waals surface area contributed by atoms with Crippen LogP contribution in [0.4, 0.5) is 0 Å². The fourth-order valence-electron chi connectivity index (χ4n) is 6.79. The summed E-state index contributed by atoms with van der Waals surface area (Å²) in [5.41, 5.74) is 19.2. The number of methoxy groups -OCH3 is 2. The molecule has 3 aromatic rings. The molecule has 1 heterocycles. The van der Waals surface area contributed by atoms with Crippen molar-refractivity contribution in [3.8, 4) is 22.6 Å². The van der Waals surface area contributed by atoms with Gasteiger partial charge in [-0.1, -0.05) is 6.08 Å². The molecule has 1 aromatic heterocycles. The van der Waals surface area contributed by atoms with Crippen molar-refractivity contribution >= 4 is 5.57 Å². The molecule has 1 aliphatic carbocycles. The maximum atomic E-state index is 11.3. The third-order valence-corrected chi connectivity index (χ3v) is 8.47. The quantitative estimate of drug-likeness (QED) is 0.261. The Morgan fingerprint density at radius 3 is 1.75 bits per heavy atom. The van der Waals surface area contributed by atoms with E-state index in [0.29, 0.717) is 5.70 Å². The summed E-state index contributed by atoms with van der Waals surface area (Å²) in [6.45, 7) is 16.1. The van der Waals surface area contributed by atoms with Gasteiger partial charge in [0.2, 0.25) is 0 Å². The molecule has 40 heavy (non-hydrogen) atoms. The van der Waals surface area contributed by atoms with Gasteiger partial charge in [0.05, 0.1) is 32.3 Å². The maximum absolute atomic E-state index is 11.3. The third kappa shape index (κ3) is 4.95. The number of nitrogens with two attached hydrogens (primary N) is 1. The van der Waals surface area contributed by atoms with E-state index in [9.17, 15) is 10.2 Å². The topological polar surface area (TPSA) is 101 Å². The monoisotopic (exact) mass is 544 g/mol. The Bertz CT molecular complexity index is 1450. The van der Waals surface area contributed by atoms with E-state index < -0.39 is 24.0 Å². The highest BCUT2D eigenvalue weighted by Gasteiger charge is 2.50. The molecule has 1 aliphatic rings. The van der Waals surface area contributed by atoms with Crippen LogP contribution in [0.3, 0.4) is 0 Å². The molecule has 0 radical (unpaired) electrons. The van der Waals surface area contributed by atoms with Gasteiger partial charge < -0.3 is 30.4 Å². The van der Waals surface area contributed by atoms with Gasteiger partial charge in [0, 0.05) is 34.1 Å². The predicted octanol–water partition coefficient (Wildman–Crippen LogP) is 6.32. The van der Waals surface area contributed by atoms with Gasteiger partial charge >= 0.3 is 0 Å². The number of aliphatic hydroxyl groups is 2. The minimum Gasteiger partial charge on any atom is -0.496 e. The van der Waals surface area contributed by atoms with Crippen LogP contribution in [0.15, 0.2) is 41.6 Å². The number of benzene rings is 2. The summed E-state index contributed by atoms with van der Waals surface area (Å²) >= 11 is 0. The summed E-state index contributed by atoms with van der Waals surface area (Å²) in [4.78, 5) is 3.49. The molecule has 214 valence electrons. The van der Waals surface area contributed by atoms with Gasteiger partial charge in [-0.05, 0) is 124 Å². The van der Waals surface area contributed by atoms with Gasteiger partial charge in [0.25, 0.3) is 0 Å². The predicted molar refractivity (Wildman–Crippen MR) is 163 cm³/mol. The highest BCUT2D eigenvalue weighted by molar-refractivity contribution is 5.81. The standard InChI is InChI=1S/C34H44N2O4/c1-16(27(22(7)35)24-11-17(2)33(39-9)18(3)12-24)15-26-31(37)29(32(26)38)30-21(6)28(23(8)36-30)25-13-19(4)34(40-10)20(5)14-25/h11-15,26,29,31-32,36-38H,35H2,1-10H3/b16-15+,27-22+. The minimum atomic E-state index is -0.729. The van der Waals surface area contributed by atoms with Gasteiger partial charge in [-0.15, -0.1) is 0 Å². The highest BCUT2D eigenvalue weighted by atomic mass is 16.5. The molecule has 6 heteroatoms. The molecule has 0 saturated heterocycles. The Hall–Kier alpha value is -3.48. The summed E-state index contributed by atoms with van der Waals surface area (Å²) in [5, 5.41) is 22.7. The Kier molecular flexibility index (Phi) is 8.25. The third-order valence-electron chi connectivity index (χ3n) is 8.47. The lowest BCUT2D eigenvalue weighted by molar-refractivity contribution is -0.0958. The van der Waals surface area contributed by atoms with Crippen molar-refractivity contribution in [3.05, 3.63) is 86.4 Å². The Labute approximate surface area is 238 Å². The molecular formula is C34H44N2O4. The summed E-state index contributed by atoms with van der Waals surface area (Å²) in [7, 11) is 3.37. The second-order valence-electron chi connectivity index (χ2n) is 11.4. The zero-order valence-electron chi connectivity index (χ0n) is 25.5. The van der Waals surface area contributed by atoms with Crippen LogP contribution < -0.4 is 15.2 Å². The van der Waals surface area contributed by atoms with E-state index in [1.54, 1.807) is 14.2 Å². The van der Waals surface area contributed by atoms with Crippen LogP contribution in [-0.2, 0) is 0 Å². The average Bonchev–Trinajstić information content (AvgIpc) is 3.15. The Morgan fingerprint density at radius 2 is 1.30 bits per heavy atom. The fraction of sp³-hybridized carbons (Fsp3) is 0.412. The summed E-state index contributed by atoms with van der Waals surface area (Å²) < 4.78 is 11.1. The normalized spacial score (nSPS) is 21.6. The van der Waals surface area contributed by atoms with E-state index in [4.69, 9.17) is 15.2 Å². The number of rotatable bonds is 7. The Morgan fingerprint density at radius 1 is 0.825 bits per heavy atom. The van der Waals surface area contributed by atoms with Gasteiger partial charge in [-0.3, -0.25) is 0 Å². The smallest absolute Gasteiger partial charge is 0.124 e. The molecule has 6 nitrogen and oxygen atoms in total. The van der Waals surface area contributed by atoms with E-state index >= 15 is 0 Å². The summed E-state index contributed by atoms with van der Waals surface area (Å²) in [5.74, 6) is 0.948. The number of hydrogen-bond donors (Lipinski definition) is 4. The van der Waals surface area contributed by atoms with Crippen LogP contribution in [0.1, 0.15) is 64.5 Å². The van der Waals surface area contributed by atoms with Crippen LogP contribution in [0.5, 0.6) is 11.5 Å². The van der Waals surface area contributed by atoms with Crippen LogP contribution in [0.2, 0.25) is 0 Å². The van der Waals surface area contributed by atoms with Gasteiger partial charge in [-0.25, -0.2) is 0 Å². The molecule has 5 N–H and O–H groups in total. The molecule has 2 atom stereocenters. The largest absolute Gasteiger partial charge is 0.496 e. The molecule has 0 amide bonds. The number of H-pyrrole nitrogens is 1. The van der Waals surface area contributed by atoms with Crippen molar-refractivity contribution < 1.29 is 19.7 Å². The molecular weight excluding hydrogens is 500 g/mol. The maximum Gasteiger partial charge on any atom is 0.124 e. The number of aromatic amines is 1. The van der Waals surface area contributed by atoms with Crippen LogP contribution in [-0.4, -0.2) is 41.6 Å². The SMILES string of the molecule is COc1c(C)cc(C(/C(C)=C/C2C(O)C(c3[nH]c(C)c(-c4cc(C)c(OC)c(C)c4)c3C)C2O)=C(\C)N)cc1C. The number of aryl methyl sites for hydroxylation is 5. The number of aliphatic hydroxyl groups excluding tert-OH is 2. The summed E-state index contributed by atoms with van der Waals surface area (Å²) in [6, 6.07) is 8.40. The lowest BCUT2D eigenvalue weighted by Gasteiger charge is -2.45. The van der Waals surface area contributed by atoms with Gasteiger partial charge in [-0.2, -0.15) is 0 Å². The van der Waals surface area contributed by atoms with E-state index in [0.717, 1.165) is 78.5 Å². The van der Waals surface area contributed by atoms with Crippen LogP contribution >= 0.6 is 0 Å². The first-order chi connectivity index (χ1) is 18.8. The minimum absolute atomic E-state index is 0.404. The molecule has 2 unspecified atom stereocenters. The summed E-state index contributed by atoms with van der Waals surface area (Å²) in [6.07, 6.45) is 0.509. The van der Waals surface area contributed by atoms with E-state index in [1.807, 2.05) is 54.5 Å². The second kappa shape index (κ2) is 11.2. The number of hydrogen-bond acceptors (Lipinski definition) is 5. The second-order valence-corrected chi connectivity index (χ2v) is 11.4. The van der Waals surface area contributed by atoms with Gasteiger partial charge in [0.15, 0.2) is 0 Å². The lowest BCUT2D eigenvalue weighted by Crippen LogP contribution is -2.53. The van der Waals surface area contributed by atoms with Crippen molar-refractivity contribution in [2.24, 2.45) is 11.7 Å². The molecule has 2 aromatic carbocycles. The molecule has 0 aliphatic heterocycles. The molecule has 1 fully saturated rings. The number of ether oxygens (including phenoxy) is 2. The first kappa shape index (κ1) is 29.5. The lowest BCUT2D eigenvalue weighted by atomic mass is 9.66. The molecule has 4 rings (SSSR count). The van der Waals surface area contributed by atoms with Crippen LogP contribution in [0, 0.1) is 47.5 Å².